The maximum Gasteiger partial charge on any atom is 0.127 e. The van der Waals surface area contributed by atoms with Crippen molar-refractivity contribution in [3.8, 4) is 0 Å². The zero-order chi connectivity index (χ0) is 9.84. The maximum atomic E-state index is 5.92. The summed E-state index contributed by atoms with van der Waals surface area (Å²) in [5.41, 5.74) is 12.3. The second-order valence-corrected chi connectivity index (χ2v) is 3.60. The smallest absolute Gasteiger partial charge is 0.127 e. The molecule has 0 saturated heterocycles. The van der Waals surface area contributed by atoms with Gasteiger partial charge in [-0.3, -0.25) is 0 Å². The number of nitrogens with two attached hydrogens (primary N) is 2. The third kappa shape index (κ3) is 2.99. The molecule has 0 radical (unpaired) electrons. The highest BCUT2D eigenvalue weighted by Gasteiger charge is 2.09. The first-order chi connectivity index (χ1) is 6.09. The lowest BCUT2D eigenvalue weighted by Crippen LogP contribution is -2.15. The van der Waals surface area contributed by atoms with E-state index in [-0.39, 0.29) is 6.04 Å². The van der Waals surface area contributed by atoms with Crippen LogP contribution < -0.4 is 11.5 Å². The number of hydrogen-bond acceptors (Lipinski definition) is 4. The van der Waals surface area contributed by atoms with Crippen LogP contribution in [0.4, 0.5) is 5.82 Å². The number of nitrogens with zero attached hydrogens (tertiary/aromatic N) is 2. The summed E-state index contributed by atoms with van der Waals surface area (Å²) in [6, 6.07) is 1.69. The highest BCUT2D eigenvalue weighted by molar-refractivity contribution is 5.29. The normalized spacial score (nSPS) is 13.2. The topological polar surface area (TPSA) is 77.8 Å². The van der Waals surface area contributed by atoms with Crippen molar-refractivity contribution in [2.24, 2.45) is 11.7 Å². The number of anilines is 1. The predicted molar refractivity (Wildman–Crippen MR) is 52.8 cm³/mol. The second kappa shape index (κ2) is 4.18. The van der Waals surface area contributed by atoms with E-state index < -0.39 is 0 Å². The van der Waals surface area contributed by atoms with Crippen molar-refractivity contribution >= 4 is 5.82 Å². The Morgan fingerprint density at radius 3 is 2.62 bits per heavy atom. The lowest BCUT2D eigenvalue weighted by Gasteiger charge is -2.12. The summed E-state index contributed by atoms with van der Waals surface area (Å²) >= 11 is 0. The summed E-state index contributed by atoms with van der Waals surface area (Å²) in [5.74, 6) is 1.04. The van der Waals surface area contributed by atoms with Gasteiger partial charge in [-0.25, -0.2) is 9.97 Å². The molecule has 1 atom stereocenters. The van der Waals surface area contributed by atoms with Crippen LogP contribution in [0.2, 0.25) is 0 Å². The molecule has 1 heterocycles. The molecule has 0 unspecified atom stereocenters. The van der Waals surface area contributed by atoms with Crippen molar-refractivity contribution in [2.75, 3.05) is 5.73 Å². The van der Waals surface area contributed by atoms with Gasteiger partial charge in [-0.2, -0.15) is 0 Å². The maximum absolute atomic E-state index is 5.92. The Morgan fingerprint density at radius 2 is 2.08 bits per heavy atom. The second-order valence-electron chi connectivity index (χ2n) is 3.60. The Hall–Kier alpha value is -1.16. The fraction of sp³-hybridized carbons (Fsp3) is 0.556. The van der Waals surface area contributed by atoms with Crippen LogP contribution >= 0.6 is 0 Å². The standard InChI is InChI=1S/C9H16N4/c1-6(2)3-7(10)8-4-9(11)13-5-12-8/h4-7H,3,10H2,1-2H3,(H2,11,12,13)/t7-/m1/s1. The van der Waals surface area contributed by atoms with Crippen LogP contribution in [0, 0.1) is 5.92 Å². The van der Waals surface area contributed by atoms with Crippen LogP contribution in [-0.4, -0.2) is 9.97 Å². The first-order valence-corrected chi connectivity index (χ1v) is 4.42. The van der Waals surface area contributed by atoms with Gasteiger partial charge in [0.2, 0.25) is 0 Å². The van der Waals surface area contributed by atoms with Gasteiger partial charge in [-0.1, -0.05) is 13.8 Å². The highest BCUT2D eigenvalue weighted by Crippen LogP contribution is 2.16. The minimum Gasteiger partial charge on any atom is -0.384 e. The molecule has 0 aliphatic heterocycles. The molecular weight excluding hydrogens is 164 g/mol. The number of hydrogen-bond donors (Lipinski definition) is 2. The minimum absolute atomic E-state index is 0.0368. The quantitative estimate of drug-likeness (QED) is 0.730. The first kappa shape index (κ1) is 9.92. The molecule has 0 fully saturated rings. The molecule has 1 aromatic heterocycles. The molecule has 72 valence electrons. The number of rotatable bonds is 3. The van der Waals surface area contributed by atoms with E-state index in [0.717, 1.165) is 12.1 Å². The van der Waals surface area contributed by atoms with Gasteiger partial charge in [-0.05, 0) is 12.3 Å². The Kier molecular flexibility index (Phi) is 3.19. The summed E-state index contributed by atoms with van der Waals surface area (Å²) in [6.07, 6.45) is 2.36. The van der Waals surface area contributed by atoms with Crippen LogP contribution in [0.5, 0.6) is 0 Å². The van der Waals surface area contributed by atoms with Crippen molar-refractivity contribution in [1.82, 2.24) is 9.97 Å². The van der Waals surface area contributed by atoms with E-state index in [1.807, 2.05) is 0 Å². The van der Waals surface area contributed by atoms with E-state index in [4.69, 9.17) is 11.5 Å². The van der Waals surface area contributed by atoms with Gasteiger partial charge >= 0.3 is 0 Å². The highest BCUT2D eigenvalue weighted by atomic mass is 14.9. The zero-order valence-electron chi connectivity index (χ0n) is 8.07. The van der Waals surface area contributed by atoms with E-state index >= 15 is 0 Å². The molecular formula is C9H16N4. The Bertz CT molecular complexity index is 272. The van der Waals surface area contributed by atoms with Crippen molar-refractivity contribution in [1.29, 1.82) is 0 Å². The summed E-state index contributed by atoms with van der Waals surface area (Å²) < 4.78 is 0. The van der Waals surface area contributed by atoms with Gasteiger partial charge in [0, 0.05) is 12.1 Å². The van der Waals surface area contributed by atoms with Crippen LogP contribution in [0.1, 0.15) is 32.0 Å². The molecule has 0 bridgehead atoms. The van der Waals surface area contributed by atoms with Crippen LogP contribution in [0.15, 0.2) is 12.4 Å². The molecule has 1 aromatic rings. The van der Waals surface area contributed by atoms with Gasteiger partial charge in [-0.15, -0.1) is 0 Å². The third-order valence-electron chi connectivity index (χ3n) is 1.81. The van der Waals surface area contributed by atoms with E-state index in [0.29, 0.717) is 11.7 Å². The molecule has 4 N–H and O–H groups in total. The lowest BCUT2D eigenvalue weighted by atomic mass is 10.0. The average Bonchev–Trinajstić information content (AvgIpc) is 2.03. The van der Waals surface area contributed by atoms with E-state index in [1.165, 1.54) is 6.33 Å². The molecule has 0 saturated carbocycles. The molecule has 13 heavy (non-hydrogen) atoms. The predicted octanol–water partition coefficient (Wildman–Crippen LogP) is 1.10. The SMILES string of the molecule is CC(C)C[C@@H](N)c1cc(N)ncn1. The lowest BCUT2D eigenvalue weighted by molar-refractivity contribution is 0.502. The summed E-state index contributed by atoms with van der Waals surface area (Å²) in [5, 5.41) is 0. The van der Waals surface area contributed by atoms with E-state index in [9.17, 15) is 0 Å². The molecule has 0 aliphatic carbocycles. The Balaban J connectivity index is 2.71. The van der Waals surface area contributed by atoms with Gasteiger partial charge in [0.1, 0.15) is 12.1 Å². The largest absolute Gasteiger partial charge is 0.384 e. The molecule has 0 aromatic carbocycles. The van der Waals surface area contributed by atoms with Crippen molar-refractivity contribution in [3.63, 3.8) is 0 Å². The fourth-order valence-electron chi connectivity index (χ4n) is 1.22. The first-order valence-electron chi connectivity index (χ1n) is 4.42. The van der Waals surface area contributed by atoms with Crippen LogP contribution in [-0.2, 0) is 0 Å². The van der Waals surface area contributed by atoms with E-state index in [1.54, 1.807) is 6.07 Å². The van der Waals surface area contributed by atoms with Gasteiger partial charge in [0.15, 0.2) is 0 Å². The number of aromatic nitrogens is 2. The van der Waals surface area contributed by atoms with Crippen LogP contribution in [0.3, 0.4) is 0 Å². The number of nitrogen functional groups attached to an aromatic ring is 1. The van der Waals surface area contributed by atoms with Crippen molar-refractivity contribution in [2.45, 2.75) is 26.3 Å². The summed E-state index contributed by atoms with van der Waals surface area (Å²) in [7, 11) is 0. The molecule has 0 spiro atoms. The van der Waals surface area contributed by atoms with Crippen molar-refractivity contribution in [3.05, 3.63) is 18.1 Å². The molecule has 0 aliphatic rings. The monoisotopic (exact) mass is 180 g/mol. The molecule has 4 nitrogen and oxygen atoms in total. The minimum atomic E-state index is -0.0368. The molecule has 1 rings (SSSR count). The molecule has 4 heteroatoms. The summed E-state index contributed by atoms with van der Waals surface area (Å²) in [6.45, 7) is 4.26. The van der Waals surface area contributed by atoms with Gasteiger partial charge in [0.05, 0.1) is 5.69 Å². The Morgan fingerprint density at radius 1 is 1.38 bits per heavy atom. The fourth-order valence-corrected chi connectivity index (χ4v) is 1.22. The molecule has 0 amide bonds. The Labute approximate surface area is 78.4 Å². The third-order valence-corrected chi connectivity index (χ3v) is 1.81. The van der Waals surface area contributed by atoms with Crippen molar-refractivity contribution < 1.29 is 0 Å². The van der Waals surface area contributed by atoms with Gasteiger partial charge < -0.3 is 11.5 Å². The van der Waals surface area contributed by atoms with Gasteiger partial charge in [0.25, 0.3) is 0 Å². The summed E-state index contributed by atoms with van der Waals surface area (Å²) in [4.78, 5) is 7.89. The van der Waals surface area contributed by atoms with E-state index in [2.05, 4.69) is 23.8 Å². The van der Waals surface area contributed by atoms with Crippen LogP contribution in [0.25, 0.3) is 0 Å². The zero-order valence-corrected chi connectivity index (χ0v) is 8.07. The average molecular weight is 180 g/mol.